The minimum absolute atomic E-state index is 0.0614. The van der Waals surface area contributed by atoms with E-state index < -0.39 is 0 Å². The minimum atomic E-state index is -0.0614. The number of pyridine rings is 1. The number of hydrogen-bond donors (Lipinski definition) is 2. The van der Waals surface area contributed by atoms with Crippen molar-refractivity contribution in [2.24, 2.45) is 5.84 Å². The second kappa shape index (κ2) is 5.61. The summed E-state index contributed by atoms with van der Waals surface area (Å²) in [4.78, 5) is 4.18. The van der Waals surface area contributed by atoms with Crippen LogP contribution in [0.2, 0.25) is 0 Å². The third-order valence-corrected chi connectivity index (χ3v) is 3.71. The lowest BCUT2D eigenvalue weighted by Gasteiger charge is -2.20. The number of nitrogens with zero attached hydrogens (tertiary/aromatic N) is 1. The van der Waals surface area contributed by atoms with Crippen LogP contribution in [0.1, 0.15) is 28.3 Å². The average molecular weight is 306 g/mol. The number of aryl methyl sites for hydroxylation is 2. The smallest absolute Gasteiger partial charge is 0.0738 e. The molecule has 0 spiro atoms. The van der Waals surface area contributed by atoms with Gasteiger partial charge in [-0.05, 0) is 48.2 Å². The Balaban J connectivity index is 2.49. The highest BCUT2D eigenvalue weighted by Gasteiger charge is 2.17. The summed E-state index contributed by atoms with van der Waals surface area (Å²) in [5.41, 5.74) is 7.44. The SMILES string of the molecule is Cc1ccc(C(NN)c2cnccc2C)c(Br)c1. The van der Waals surface area contributed by atoms with E-state index in [1.807, 2.05) is 12.3 Å². The first-order chi connectivity index (χ1) is 8.63. The molecule has 1 aromatic heterocycles. The van der Waals surface area contributed by atoms with Gasteiger partial charge in [0.1, 0.15) is 0 Å². The van der Waals surface area contributed by atoms with Crippen LogP contribution >= 0.6 is 15.9 Å². The number of nitrogens with one attached hydrogen (secondary N) is 1. The predicted octanol–water partition coefficient (Wildman–Crippen LogP) is 3.01. The Morgan fingerprint density at radius 2 is 2.00 bits per heavy atom. The molecule has 1 heterocycles. The third-order valence-electron chi connectivity index (χ3n) is 3.02. The van der Waals surface area contributed by atoms with Crippen molar-refractivity contribution in [2.45, 2.75) is 19.9 Å². The van der Waals surface area contributed by atoms with Crippen LogP contribution in [0, 0.1) is 13.8 Å². The van der Waals surface area contributed by atoms with Crippen molar-refractivity contribution < 1.29 is 0 Å². The van der Waals surface area contributed by atoms with Crippen molar-refractivity contribution in [3.05, 3.63) is 63.4 Å². The van der Waals surface area contributed by atoms with Crippen molar-refractivity contribution in [3.63, 3.8) is 0 Å². The van der Waals surface area contributed by atoms with Gasteiger partial charge in [-0.25, -0.2) is 5.43 Å². The van der Waals surface area contributed by atoms with Crippen LogP contribution in [0.15, 0.2) is 41.1 Å². The Morgan fingerprint density at radius 3 is 2.61 bits per heavy atom. The summed E-state index contributed by atoms with van der Waals surface area (Å²) in [6, 6.07) is 8.17. The molecule has 0 aliphatic rings. The maximum Gasteiger partial charge on any atom is 0.0738 e. The molecule has 2 aromatic rings. The van der Waals surface area contributed by atoms with Gasteiger partial charge < -0.3 is 0 Å². The number of nitrogens with two attached hydrogens (primary N) is 1. The van der Waals surface area contributed by atoms with Crippen molar-refractivity contribution in [2.75, 3.05) is 0 Å². The Kier molecular flexibility index (Phi) is 4.11. The molecule has 4 heteroatoms. The number of rotatable bonds is 3. The quantitative estimate of drug-likeness (QED) is 0.677. The van der Waals surface area contributed by atoms with Gasteiger partial charge in [-0.2, -0.15) is 0 Å². The zero-order valence-electron chi connectivity index (χ0n) is 10.4. The molecule has 2 rings (SSSR count). The van der Waals surface area contributed by atoms with Crippen LogP contribution < -0.4 is 11.3 Å². The topological polar surface area (TPSA) is 50.9 Å². The number of benzene rings is 1. The molecule has 0 radical (unpaired) electrons. The summed E-state index contributed by atoms with van der Waals surface area (Å²) < 4.78 is 1.05. The number of hydrogen-bond acceptors (Lipinski definition) is 3. The monoisotopic (exact) mass is 305 g/mol. The van der Waals surface area contributed by atoms with Crippen molar-refractivity contribution in [1.29, 1.82) is 0 Å². The van der Waals surface area contributed by atoms with E-state index in [0.717, 1.165) is 15.6 Å². The number of aromatic nitrogens is 1. The predicted molar refractivity (Wildman–Crippen MR) is 77.0 cm³/mol. The van der Waals surface area contributed by atoms with Crippen molar-refractivity contribution in [3.8, 4) is 0 Å². The molecule has 0 amide bonds. The standard InChI is InChI=1S/C14H16BrN3/c1-9-3-4-11(13(15)7-9)14(18-16)12-8-17-6-5-10(12)2/h3-8,14,18H,16H2,1-2H3. The zero-order valence-corrected chi connectivity index (χ0v) is 12.0. The molecule has 0 aliphatic heterocycles. The molecular formula is C14H16BrN3. The highest BCUT2D eigenvalue weighted by atomic mass is 79.9. The van der Waals surface area contributed by atoms with Gasteiger partial charge >= 0.3 is 0 Å². The molecule has 1 atom stereocenters. The van der Waals surface area contributed by atoms with Gasteiger partial charge in [0.25, 0.3) is 0 Å². The Hall–Kier alpha value is -1.23. The van der Waals surface area contributed by atoms with E-state index in [4.69, 9.17) is 5.84 Å². The molecule has 0 saturated carbocycles. The van der Waals surface area contributed by atoms with Crippen LogP contribution in [0.5, 0.6) is 0 Å². The van der Waals surface area contributed by atoms with E-state index in [9.17, 15) is 0 Å². The maximum atomic E-state index is 5.71. The molecule has 0 saturated heterocycles. The summed E-state index contributed by atoms with van der Waals surface area (Å²) in [5.74, 6) is 5.71. The van der Waals surface area contributed by atoms with Crippen LogP contribution in [-0.4, -0.2) is 4.98 Å². The lowest BCUT2D eigenvalue weighted by atomic mass is 9.96. The molecule has 0 bridgehead atoms. The number of hydrazine groups is 1. The second-order valence-corrected chi connectivity index (χ2v) is 5.21. The largest absolute Gasteiger partial charge is 0.271 e. The zero-order chi connectivity index (χ0) is 13.1. The van der Waals surface area contributed by atoms with Gasteiger partial charge in [0.2, 0.25) is 0 Å². The molecule has 94 valence electrons. The third kappa shape index (κ3) is 2.61. The van der Waals surface area contributed by atoms with E-state index in [1.165, 1.54) is 11.1 Å². The Labute approximate surface area is 116 Å². The number of halogens is 1. The fraction of sp³-hybridized carbons (Fsp3) is 0.214. The van der Waals surface area contributed by atoms with Crippen LogP contribution in [0.25, 0.3) is 0 Å². The first-order valence-corrected chi connectivity index (χ1v) is 6.55. The van der Waals surface area contributed by atoms with Crippen LogP contribution in [-0.2, 0) is 0 Å². The highest BCUT2D eigenvalue weighted by molar-refractivity contribution is 9.10. The summed E-state index contributed by atoms with van der Waals surface area (Å²) in [6.45, 7) is 4.12. The van der Waals surface area contributed by atoms with Crippen molar-refractivity contribution in [1.82, 2.24) is 10.4 Å². The van der Waals surface area contributed by atoms with E-state index in [-0.39, 0.29) is 6.04 Å². The molecule has 0 aliphatic carbocycles. The van der Waals surface area contributed by atoms with Crippen LogP contribution in [0.3, 0.4) is 0 Å². The Bertz CT molecular complexity index is 554. The summed E-state index contributed by atoms with van der Waals surface area (Å²) in [5, 5.41) is 0. The molecule has 1 unspecified atom stereocenters. The fourth-order valence-corrected chi connectivity index (χ4v) is 2.71. The van der Waals surface area contributed by atoms with Crippen molar-refractivity contribution >= 4 is 15.9 Å². The molecular weight excluding hydrogens is 290 g/mol. The van der Waals surface area contributed by atoms with Crippen LogP contribution in [0.4, 0.5) is 0 Å². The van der Waals surface area contributed by atoms with E-state index in [1.54, 1.807) is 6.20 Å². The molecule has 3 nitrogen and oxygen atoms in total. The lowest BCUT2D eigenvalue weighted by Crippen LogP contribution is -2.29. The van der Waals surface area contributed by atoms with E-state index in [2.05, 4.69) is 58.4 Å². The van der Waals surface area contributed by atoms with Gasteiger partial charge in [0, 0.05) is 16.9 Å². The van der Waals surface area contributed by atoms with E-state index in [0.29, 0.717) is 0 Å². The summed E-state index contributed by atoms with van der Waals surface area (Å²) >= 11 is 3.59. The minimum Gasteiger partial charge on any atom is -0.271 e. The maximum absolute atomic E-state index is 5.71. The highest BCUT2D eigenvalue weighted by Crippen LogP contribution is 2.29. The van der Waals surface area contributed by atoms with Gasteiger partial charge in [0.15, 0.2) is 0 Å². The average Bonchev–Trinajstić information content (AvgIpc) is 2.34. The lowest BCUT2D eigenvalue weighted by molar-refractivity contribution is 0.629. The fourth-order valence-electron chi connectivity index (χ4n) is 1.99. The Morgan fingerprint density at radius 1 is 1.22 bits per heavy atom. The second-order valence-electron chi connectivity index (χ2n) is 4.36. The first-order valence-electron chi connectivity index (χ1n) is 5.76. The van der Waals surface area contributed by atoms with Gasteiger partial charge in [0.05, 0.1) is 6.04 Å². The summed E-state index contributed by atoms with van der Waals surface area (Å²) in [6.07, 6.45) is 3.64. The van der Waals surface area contributed by atoms with Gasteiger partial charge in [-0.15, -0.1) is 0 Å². The van der Waals surface area contributed by atoms with Gasteiger partial charge in [-0.3, -0.25) is 10.8 Å². The molecule has 18 heavy (non-hydrogen) atoms. The first kappa shape index (κ1) is 13.2. The van der Waals surface area contributed by atoms with E-state index >= 15 is 0 Å². The molecule has 1 aromatic carbocycles. The molecule has 3 N–H and O–H groups in total. The normalized spacial score (nSPS) is 12.4. The molecule has 0 fully saturated rings. The summed E-state index contributed by atoms with van der Waals surface area (Å²) in [7, 11) is 0. The van der Waals surface area contributed by atoms with Gasteiger partial charge in [-0.1, -0.05) is 28.1 Å².